The third-order valence-electron chi connectivity index (χ3n) is 2.41. The largest absolute Gasteiger partial charge is 0.263 e. The average molecular weight is 263 g/mol. The fourth-order valence-corrected chi connectivity index (χ4v) is 2.54. The normalized spacial score (nSPS) is 13.9. The van der Waals surface area contributed by atoms with Gasteiger partial charge in [0.15, 0.2) is 0 Å². The molecular weight excluding hydrogens is 248 g/mol. The highest BCUT2D eigenvalue weighted by Crippen LogP contribution is 2.20. The van der Waals surface area contributed by atoms with Gasteiger partial charge in [-0.2, -0.15) is 0 Å². The third kappa shape index (κ3) is 3.74. The number of nitrogens with one attached hydrogen (secondary N) is 1. The molecule has 0 aliphatic carbocycles. The number of alkyl halides is 2. The van der Waals surface area contributed by atoms with Crippen LogP contribution in [-0.4, -0.2) is 14.5 Å². The van der Waals surface area contributed by atoms with E-state index in [9.17, 15) is 17.2 Å². The monoisotopic (exact) mass is 263 g/mol. The van der Waals surface area contributed by atoms with Crippen LogP contribution >= 0.6 is 0 Å². The van der Waals surface area contributed by atoms with Gasteiger partial charge in [-0.25, -0.2) is 21.9 Å². The first-order chi connectivity index (χ1) is 7.86. The van der Waals surface area contributed by atoms with E-state index in [-0.39, 0.29) is 16.5 Å². The molecule has 1 aromatic carbocycles. The predicted octanol–water partition coefficient (Wildman–Crippen LogP) is 2.70. The van der Waals surface area contributed by atoms with Gasteiger partial charge in [0.2, 0.25) is 10.0 Å². The molecule has 1 rings (SSSR count). The van der Waals surface area contributed by atoms with Crippen LogP contribution in [0.4, 0.5) is 8.78 Å². The minimum atomic E-state index is -3.61. The van der Waals surface area contributed by atoms with Crippen LogP contribution in [0.25, 0.3) is 0 Å². The molecule has 1 aromatic rings. The summed E-state index contributed by atoms with van der Waals surface area (Å²) in [6.07, 6.45) is -1.93. The summed E-state index contributed by atoms with van der Waals surface area (Å²) >= 11 is 0. The smallest absolute Gasteiger partial charge is 0.208 e. The van der Waals surface area contributed by atoms with Gasteiger partial charge in [-0.3, -0.25) is 0 Å². The third-order valence-corrected chi connectivity index (χ3v) is 4.02. The Balaban J connectivity index is 2.92. The Morgan fingerprint density at radius 2 is 1.76 bits per heavy atom. The maximum Gasteiger partial charge on any atom is 0.263 e. The lowest BCUT2D eigenvalue weighted by atomic mass is 10.2. The molecule has 0 fully saturated rings. The van der Waals surface area contributed by atoms with E-state index in [0.717, 1.165) is 12.1 Å². The van der Waals surface area contributed by atoms with Crippen LogP contribution in [0.1, 0.15) is 32.3 Å². The molecule has 0 aliphatic rings. The second-order valence-corrected chi connectivity index (χ2v) is 5.51. The molecule has 0 heterocycles. The first kappa shape index (κ1) is 14.1. The van der Waals surface area contributed by atoms with Crippen LogP contribution in [0.15, 0.2) is 29.2 Å². The highest BCUT2D eigenvalue weighted by atomic mass is 32.2. The molecule has 0 aromatic heterocycles. The number of benzene rings is 1. The maximum atomic E-state index is 12.3. The fraction of sp³-hybridized carbons (Fsp3) is 0.455. The molecule has 1 N–H and O–H groups in total. The molecule has 6 heteroatoms. The number of hydrogen-bond donors (Lipinski definition) is 1. The van der Waals surface area contributed by atoms with Crippen LogP contribution in [0.3, 0.4) is 0 Å². The fourth-order valence-electron chi connectivity index (χ4n) is 1.21. The Morgan fingerprint density at radius 3 is 2.18 bits per heavy atom. The summed E-state index contributed by atoms with van der Waals surface area (Å²) in [4.78, 5) is 0.00204. The Morgan fingerprint density at radius 1 is 1.24 bits per heavy atom. The SMILES string of the molecule is CC[C@@H](C)NS(=O)(=O)c1ccc(C(F)F)cc1. The van der Waals surface area contributed by atoms with Crippen LogP contribution in [0.5, 0.6) is 0 Å². The van der Waals surface area contributed by atoms with E-state index in [0.29, 0.717) is 6.42 Å². The minimum Gasteiger partial charge on any atom is -0.208 e. The van der Waals surface area contributed by atoms with Gasteiger partial charge in [0.1, 0.15) is 0 Å². The molecule has 0 spiro atoms. The number of halogens is 2. The van der Waals surface area contributed by atoms with Crippen molar-refractivity contribution in [1.82, 2.24) is 4.72 Å². The van der Waals surface area contributed by atoms with Crippen LogP contribution in [-0.2, 0) is 10.0 Å². The topological polar surface area (TPSA) is 46.2 Å². The summed E-state index contributed by atoms with van der Waals surface area (Å²) in [6.45, 7) is 3.60. The number of rotatable bonds is 5. The Hall–Kier alpha value is -1.01. The lowest BCUT2D eigenvalue weighted by Gasteiger charge is -2.12. The van der Waals surface area contributed by atoms with E-state index in [1.54, 1.807) is 6.92 Å². The molecule has 0 bridgehead atoms. The van der Waals surface area contributed by atoms with Gasteiger partial charge in [0.05, 0.1) is 4.90 Å². The Bertz CT molecular complexity index is 457. The quantitative estimate of drug-likeness (QED) is 0.887. The summed E-state index contributed by atoms with van der Waals surface area (Å²) in [5.74, 6) is 0. The Kier molecular flexibility index (Phi) is 4.59. The molecule has 0 unspecified atom stereocenters. The zero-order valence-corrected chi connectivity index (χ0v) is 10.5. The zero-order chi connectivity index (χ0) is 13.1. The number of hydrogen-bond acceptors (Lipinski definition) is 2. The van der Waals surface area contributed by atoms with E-state index >= 15 is 0 Å². The van der Waals surface area contributed by atoms with Crippen molar-refractivity contribution in [2.45, 2.75) is 37.6 Å². The highest BCUT2D eigenvalue weighted by Gasteiger charge is 2.17. The van der Waals surface area contributed by atoms with E-state index < -0.39 is 16.4 Å². The van der Waals surface area contributed by atoms with Gasteiger partial charge < -0.3 is 0 Å². The van der Waals surface area contributed by atoms with E-state index in [4.69, 9.17) is 0 Å². The van der Waals surface area contributed by atoms with Crippen molar-refractivity contribution >= 4 is 10.0 Å². The lowest BCUT2D eigenvalue weighted by molar-refractivity contribution is 0.151. The molecular formula is C11H15F2NO2S. The Labute approximate surface area is 99.9 Å². The first-order valence-corrected chi connectivity index (χ1v) is 6.75. The minimum absolute atomic E-state index is 0.00204. The first-order valence-electron chi connectivity index (χ1n) is 5.27. The average Bonchev–Trinajstić information content (AvgIpc) is 2.28. The number of sulfonamides is 1. The summed E-state index contributed by atoms with van der Waals surface area (Å²) in [5.41, 5.74) is -0.188. The molecule has 3 nitrogen and oxygen atoms in total. The van der Waals surface area contributed by atoms with Gasteiger partial charge in [-0.15, -0.1) is 0 Å². The molecule has 1 atom stereocenters. The van der Waals surface area contributed by atoms with Gasteiger partial charge in [0.25, 0.3) is 6.43 Å². The van der Waals surface area contributed by atoms with Crippen molar-refractivity contribution in [2.75, 3.05) is 0 Å². The molecule has 0 amide bonds. The van der Waals surface area contributed by atoms with E-state index in [2.05, 4.69) is 4.72 Å². The van der Waals surface area contributed by atoms with Gasteiger partial charge in [-0.05, 0) is 25.5 Å². The maximum absolute atomic E-state index is 12.3. The summed E-state index contributed by atoms with van der Waals surface area (Å²) in [7, 11) is -3.61. The summed E-state index contributed by atoms with van der Waals surface area (Å²) in [5, 5.41) is 0. The van der Waals surface area contributed by atoms with Crippen molar-refractivity contribution < 1.29 is 17.2 Å². The van der Waals surface area contributed by atoms with Crippen molar-refractivity contribution in [3.8, 4) is 0 Å². The van der Waals surface area contributed by atoms with Crippen LogP contribution in [0, 0.1) is 0 Å². The van der Waals surface area contributed by atoms with Gasteiger partial charge in [-0.1, -0.05) is 19.1 Å². The van der Waals surface area contributed by atoms with Crippen LogP contribution < -0.4 is 4.72 Å². The second kappa shape index (κ2) is 5.55. The van der Waals surface area contributed by atoms with Crippen LogP contribution in [0.2, 0.25) is 0 Å². The predicted molar refractivity (Wildman–Crippen MR) is 61.5 cm³/mol. The summed E-state index contributed by atoms with van der Waals surface area (Å²) in [6, 6.07) is 4.43. The molecule has 0 saturated heterocycles. The molecule has 96 valence electrons. The molecule has 0 radical (unpaired) electrons. The van der Waals surface area contributed by atoms with Gasteiger partial charge >= 0.3 is 0 Å². The zero-order valence-electron chi connectivity index (χ0n) is 9.65. The standard InChI is InChI=1S/C11H15F2NO2S/c1-3-8(2)14-17(15,16)10-6-4-9(5-7-10)11(12)13/h4-8,11,14H,3H2,1-2H3/t8-/m1/s1. The van der Waals surface area contributed by atoms with Crippen molar-refractivity contribution in [3.63, 3.8) is 0 Å². The lowest BCUT2D eigenvalue weighted by Crippen LogP contribution is -2.31. The van der Waals surface area contributed by atoms with E-state index in [1.807, 2.05) is 6.92 Å². The van der Waals surface area contributed by atoms with E-state index in [1.165, 1.54) is 12.1 Å². The molecule has 0 aliphatic heterocycles. The van der Waals surface area contributed by atoms with Crippen molar-refractivity contribution in [3.05, 3.63) is 29.8 Å². The van der Waals surface area contributed by atoms with Crippen molar-refractivity contribution in [1.29, 1.82) is 0 Å². The molecule has 0 saturated carbocycles. The highest BCUT2D eigenvalue weighted by molar-refractivity contribution is 7.89. The van der Waals surface area contributed by atoms with Gasteiger partial charge in [0, 0.05) is 11.6 Å². The molecule has 17 heavy (non-hydrogen) atoms. The van der Waals surface area contributed by atoms with Crippen molar-refractivity contribution in [2.24, 2.45) is 0 Å². The summed E-state index contributed by atoms with van der Waals surface area (Å²) < 4.78 is 50.6. The second-order valence-electron chi connectivity index (χ2n) is 3.80.